The van der Waals surface area contributed by atoms with Crippen LogP contribution >= 0.6 is 0 Å². The van der Waals surface area contributed by atoms with Crippen molar-refractivity contribution >= 4 is 11.1 Å². The Morgan fingerprint density at radius 3 is 2.68 bits per heavy atom. The Balaban J connectivity index is 1.93. The van der Waals surface area contributed by atoms with Crippen molar-refractivity contribution in [2.45, 2.75) is 13.0 Å². The summed E-state index contributed by atoms with van der Waals surface area (Å²) in [6, 6.07) is 13.9. The summed E-state index contributed by atoms with van der Waals surface area (Å²) >= 11 is 0. The van der Waals surface area contributed by atoms with Gasteiger partial charge in [-0.1, -0.05) is 30.3 Å². The van der Waals surface area contributed by atoms with E-state index in [1.165, 1.54) is 5.56 Å². The monoisotopic (exact) mass is 254 g/mol. The molecule has 1 heterocycles. The summed E-state index contributed by atoms with van der Waals surface area (Å²) in [5.74, 6) is -0.419. The van der Waals surface area contributed by atoms with Gasteiger partial charge in [-0.25, -0.2) is 4.79 Å². The van der Waals surface area contributed by atoms with Crippen LogP contribution in [0, 0.1) is 0 Å². The molecule has 0 saturated carbocycles. The lowest BCUT2D eigenvalue weighted by molar-refractivity contribution is 0.555. The van der Waals surface area contributed by atoms with Crippen LogP contribution in [0.2, 0.25) is 0 Å². The van der Waals surface area contributed by atoms with Gasteiger partial charge in [-0.3, -0.25) is 4.98 Å². The standard InChI is InChI=1S/C15H14N2O2/c16-9-12-3-1-2-10(7-12)6-11-4-5-13-14(8-11)19-15(18)17-13/h1-5,7-8H,6,9,16H2,(H,17,18). The summed E-state index contributed by atoms with van der Waals surface area (Å²) in [5.41, 5.74) is 10.4. The summed E-state index contributed by atoms with van der Waals surface area (Å²) < 4.78 is 5.06. The van der Waals surface area contributed by atoms with E-state index in [0.717, 1.165) is 23.1 Å². The lowest BCUT2D eigenvalue weighted by atomic mass is 10.0. The zero-order chi connectivity index (χ0) is 13.2. The van der Waals surface area contributed by atoms with Crippen LogP contribution in [-0.4, -0.2) is 4.98 Å². The van der Waals surface area contributed by atoms with E-state index in [9.17, 15) is 4.79 Å². The molecule has 0 bridgehead atoms. The third-order valence-electron chi connectivity index (χ3n) is 3.12. The molecule has 2 aromatic carbocycles. The van der Waals surface area contributed by atoms with Crippen LogP contribution < -0.4 is 11.5 Å². The van der Waals surface area contributed by atoms with Gasteiger partial charge in [0.25, 0.3) is 0 Å². The molecule has 4 heteroatoms. The quantitative estimate of drug-likeness (QED) is 0.752. The highest BCUT2D eigenvalue weighted by molar-refractivity contribution is 5.72. The van der Waals surface area contributed by atoms with Gasteiger partial charge in [0.1, 0.15) is 0 Å². The van der Waals surface area contributed by atoms with Crippen LogP contribution in [0.1, 0.15) is 16.7 Å². The number of H-pyrrole nitrogens is 1. The van der Waals surface area contributed by atoms with Crippen molar-refractivity contribution in [3.05, 3.63) is 69.7 Å². The highest BCUT2D eigenvalue weighted by atomic mass is 16.4. The van der Waals surface area contributed by atoms with E-state index in [-0.39, 0.29) is 0 Å². The first-order chi connectivity index (χ1) is 9.24. The second kappa shape index (κ2) is 4.74. The fourth-order valence-corrected chi connectivity index (χ4v) is 2.20. The molecule has 0 radical (unpaired) electrons. The third-order valence-corrected chi connectivity index (χ3v) is 3.12. The molecule has 0 saturated heterocycles. The van der Waals surface area contributed by atoms with Crippen LogP contribution in [0.3, 0.4) is 0 Å². The molecule has 0 spiro atoms. The number of rotatable bonds is 3. The molecule has 3 rings (SSSR count). The maximum absolute atomic E-state index is 11.1. The first-order valence-electron chi connectivity index (χ1n) is 6.14. The molecule has 0 unspecified atom stereocenters. The summed E-state index contributed by atoms with van der Waals surface area (Å²) in [4.78, 5) is 13.7. The molecule has 3 N–H and O–H groups in total. The van der Waals surface area contributed by atoms with Gasteiger partial charge in [-0.05, 0) is 35.2 Å². The Labute approximate surface area is 109 Å². The zero-order valence-electron chi connectivity index (χ0n) is 10.3. The topological polar surface area (TPSA) is 72.0 Å². The van der Waals surface area contributed by atoms with Crippen LogP contribution in [-0.2, 0) is 13.0 Å². The van der Waals surface area contributed by atoms with Gasteiger partial charge in [-0.2, -0.15) is 0 Å². The van der Waals surface area contributed by atoms with Gasteiger partial charge in [0, 0.05) is 6.54 Å². The predicted octanol–water partition coefficient (Wildman–Crippen LogP) is 2.17. The Morgan fingerprint density at radius 2 is 1.84 bits per heavy atom. The predicted molar refractivity (Wildman–Crippen MR) is 74.0 cm³/mol. The fourth-order valence-electron chi connectivity index (χ4n) is 2.20. The Hall–Kier alpha value is -2.33. The summed E-state index contributed by atoms with van der Waals surface area (Å²) in [6.07, 6.45) is 0.790. The molecule has 4 nitrogen and oxygen atoms in total. The first kappa shape index (κ1) is 11.7. The SMILES string of the molecule is NCc1cccc(Cc2ccc3[nH]c(=O)oc3c2)c1. The number of nitrogens with one attached hydrogen (secondary N) is 1. The molecule has 0 aliphatic heterocycles. The highest BCUT2D eigenvalue weighted by Gasteiger charge is 2.03. The summed E-state index contributed by atoms with van der Waals surface area (Å²) in [7, 11) is 0. The Bertz CT molecular complexity index is 771. The van der Waals surface area contributed by atoms with Crippen molar-refractivity contribution in [2.24, 2.45) is 5.73 Å². The normalized spacial score (nSPS) is 11.0. The largest absolute Gasteiger partial charge is 0.417 e. The van der Waals surface area contributed by atoms with E-state index >= 15 is 0 Å². The van der Waals surface area contributed by atoms with Crippen molar-refractivity contribution in [1.29, 1.82) is 0 Å². The van der Waals surface area contributed by atoms with Crippen LogP contribution in [0.5, 0.6) is 0 Å². The number of hydrogen-bond donors (Lipinski definition) is 2. The van der Waals surface area contributed by atoms with E-state index in [2.05, 4.69) is 17.1 Å². The lowest BCUT2D eigenvalue weighted by Crippen LogP contribution is -1.97. The number of hydrogen-bond acceptors (Lipinski definition) is 3. The van der Waals surface area contributed by atoms with Gasteiger partial charge in [0.05, 0.1) is 5.52 Å². The molecular formula is C15H14N2O2. The van der Waals surface area contributed by atoms with E-state index < -0.39 is 5.76 Å². The second-order valence-corrected chi connectivity index (χ2v) is 4.55. The highest BCUT2D eigenvalue weighted by Crippen LogP contribution is 2.16. The maximum atomic E-state index is 11.1. The summed E-state index contributed by atoms with van der Waals surface area (Å²) in [5, 5.41) is 0. The van der Waals surface area contributed by atoms with Crippen molar-refractivity contribution in [1.82, 2.24) is 4.98 Å². The number of aromatic nitrogens is 1. The van der Waals surface area contributed by atoms with E-state index in [4.69, 9.17) is 10.2 Å². The number of aromatic amines is 1. The molecule has 0 aliphatic rings. The lowest BCUT2D eigenvalue weighted by Gasteiger charge is -2.04. The minimum absolute atomic E-state index is 0.419. The molecular weight excluding hydrogens is 240 g/mol. The smallest absolute Gasteiger partial charge is 0.408 e. The molecule has 0 amide bonds. The molecule has 0 fully saturated rings. The van der Waals surface area contributed by atoms with Crippen LogP contribution in [0.15, 0.2) is 51.7 Å². The number of benzene rings is 2. The number of fused-ring (bicyclic) bond motifs is 1. The minimum Gasteiger partial charge on any atom is -0.408 e. The van der Waals surface area contributed by atoms with E-state index in [1.807, 2.05) is 30.3 Å². The van der Waals surface area contributed by atoms with Crippen molar-refractivity contribution in [3.8, 4) is 0 Å². The summed E-state index contributed by atoms with van der Waals surface area (Å²) in [6.45, 7) is 0.541. The van der Waals surface area contributed by atoms with Crippen molar-refractivity contribution in [2.75, 3.05) is 0 Å². The van der Waals surface area contributed by atoms with Gasteiger partial charge in [0.15, 0.2) is 5.58 Å². The molecule has 1 aromatic heterocycles. The van der Waals surface area contributed by atoms with Crippen molar-refractivity contribution < 1.29 is 4.42 Å². The Morgan fingerprint density at radius 1 is 1.05 bits per heavy atom. The Kier molecular flexibility index (Phi) is 2.93. The number of oxazole rings is 1. The van der Waals surface area contributed by atoms with E-state index in [0.29, 0.717) is 12.1 Å². The molecule has 19 heavy (non-hydrogen) atoms. The molecule has 0 atom stereocenters. The second-order valence-electron chi connectivity index (χ2n) is 4.55. The third kappa shape index (κ3) is 2.44. The van der Waals surface area contributed by atoms with Crippen LogP contribution in [0.25, 0.3) is 11.1 Å². The van der Waals surface area contributed by atoms with Gasteiger partial charge < -0.3 is 10.2 Å². The maximum Gasteiger partial charge on any atom is 0.417 e. The van der Waals surface area contributed by atoms with E-state index in [1.54, 1.807) is 0 Å². The average Bonchev–Trinajstić information content (AvgIpc) is 2.78. The van der Waals surface area contributed by atoms with Gasteiger partial charge in [-0.15, -0.1) is 0 Å². The first-order valence-corrected chi connectivity index (χ1v) is 6.14. The van der Waals surface area contributed by atoms with Crippen LogP contribution in [0.4, 0.5) is 0 Å². The molecule has 0 aliphatic carbocycles. The molecule has 3 aromatic rings. The zero-order valence-corrected chi connectivity index (χ0v) is 10.3. The number of nitrogens with two attached hydrogens (primary N) is 1. The fraction of sp³-hybridized carbons (Fsp3) is 0.133. The van der Waals surface area contributed by atoms with Gasteiger partial charge in [0.2, 0.25) is 0 Å². The average molecular weight is 254 g/mol. The van der Waals surface area contributed by atoms with Crippen molar-refractivity contribution in [3.63, 3.8) is 0 Å². The minimum atomic E-state index is -0.419. The van der Waals surface area contributed by atoms with Gasteiger partial charge >= 0.3 is 5.76 Å². The molecule has 96 valence electrons.